The number of benzene rings is 2. The van der Waals surface area contributed by atoms with Crippen molar-refractivity contribution in [3.63, 3.8) is 0 Å². The third-order valence-electron chi connectivity index (χ3n) is 3.51. The summed E-state index contributed by atoms with van der Waals surface area (Å²) in [6.45, 7) is 1.98. The number of hydrogen-bond acceptors (Lipinski definition) is 2. The third kappa shape index (κ3) is 2.08. The number of nitrogens with one attached hydrogen (secondary N) is 1. The molecule has 1 N–H and O–H groups in total. The van der Waals surface area contributed by atoms with E-state index in [9.17, 15) is 4.79 Å². The highest BCUT2D eigenvalue weighted by atomic mass is 32.1. The summed E-state index contributed by atoms with van der Waals surface area (Å²) >= 11 is 5.35. The highest BCUT2D eigenvalue weighted by Crippen LogP contribution is 2.17. The zero-order chi connectivity index (χ0) is 14.1. The molecule has 0 amide bonds. The number of fused-ring (bicyclic) bond motifs is 1. The SMILES string of the molecule is C[C@@H](c1ccccc1)n1c(=S)[nH]c2ccccc2c1=O. The number of nitrogens with zero attached hydrogens (tertiary/aromatic N) is 1. The van der Waals surface area contributed by atoms with E-state index in [-0.39, 0.29) is 11.6 Å². The fraction of sp³-hybridized carbons (Fsp3) is 0.125. The molecule has 3 nitrogen and oxygen atoms in total. The van der Waals surface area contributed by atoms with Crippen LogP contribution in [0.25, 0.3) is 10.9 Å². The fourth-order valence-electron chi connectivity index (χ4n) is 2.41. The number of rotatable bonds is 2. The Morgan fingerprint density at radius 3 is 2.45 bits per heavy atom. The number of hydrogen-bond donors (Lipinski definition) is 1. The Labute approximate surface area is 121 Å². The molecule has 0 saturated carbocycles. The van der Waals surface area contributed by atoms with Crippen molar-refractivity contribution in [3.8, 4) is 0 Å². The molecule has 0 spiro atoms. The van der Waals surface area contributed by atoms with E-state index in [4.69, 9.17) is 12.2 Å². The molecular weight excluding hydrogens is 268 g/mol. The van der Waals surface area contributed by atoms with Crippen LogP contribution in [0.2, 0.25) is 0 Å². The molecule has 4 heteroatoms. The van der Waals surface area contributed by atoms with Gasteiger partial charge in [-0.2, -0.15) is 0 Å². The molecule has 0 aliphatic heterocycles. The average molecular weight is 282 g/mol. The zero-order valence-electron chi connectivity index (χ0n) is 11.0. The number of aromatic nitrogens is 2. The molecule has 0 saturated heterocycles. The van der Waals surface area contributed by atoms with Crippen LogP contribution in [0.3, 0.4) is 0 Å². The van der Waals surface area contributed by atoms with Crippen LogP contribution >= 0.6 is 12.2 Å². The normalized spacial score (nSPS) is 12.4. The topological polar surface area (TPSA) is 37.8 Å². The van der Waals surface area contributed by atoms with Crippen molar-refractivity contribution in [3.05, 3.63) is 75.3 Å². The Balaban J connectivity index is 2.27. The second-order valence-electron chi connectivity index (χ2n) is 4.74. The summed E-state index contributed by atoms with van der Waals surface area (Å²) < 4.78 is 2.08. The number of aromatic amines is 1. The van der Waals surface area contributed by atoms with Gasteiger partial charge in [-0.1, -0.05) is 42.5 Å². The van der Waals surface area contributed by atoms with Gasteiger partial charge < -0.3 is 4.98 Å². The molecule has 1 heterocycles. The van der Waals surface area contributed by atoms with Gasteiger partial charge >= 0.3 is 0 Å². The van der Waals surface area contributed by atoms with Gasteiger partial charge in [0.2, 0.25) is 0 Å². The van der Waals surface area contributed by atoms with Crippen molar-refractivity contribution in [2.24, 2.45) is 0 Å². The lowest BCUT2D eigenvalue weighted by molar-refractivity contribution is 0.600. The first kappa shape index (κ1) is 12.8. The number of para-hydroxylation sites is 1. The summed E-state index contributed by atoms with van der Waals surface area (Å²) in [7, 11) is 0. The predicted octanol–water partition coefficient (Wildman–Crippen LogP) is 3.67. The van der Waals surface area contributed by atoms with Crippen LogP contribution in [0.4, 0.5) is 0 Å². The predicted molar refractivity (Wildman–Crippen MR) is 83.6 cm³/mol. The molecule has 20 heavy (non-hydrogen) atoms. The highest BCUT2D eigenvalue weighted by molar-refractivity contribution is 7.71. The van der Waals surface area contributed by atoms with Crippen molar-refractivity contribution >= 4 is 23.1 Å². The van der Waals surface area contributed by atoms with Gasteiger partial charge in [0.25, 0.3) is 5.56 Å². The molecule has 1 aromatic heterocycles. The van der Waals surface area contributed by atoms with Crippen molar-refractivity contribution in [2.45, 2.75) is 13.0 Å². The summed E-state index contributed by atoms with van der Waals surface area (Å²) in [6.07, 6.45) is 0. The van der Waals surface area contributed by atoms with Crippen LogP contribution < -0.4 is 5.56 Å². The monoisotopic (exact) mass is 282 g/mol. The maximum Gasteiger partial charge on any atom is 0.262 e. The lowest BCUT2D eigenvalue weighted by Crippen LogP contribution is -2.25. The largest absolute Gasteiger partial charge is 0.332 e. The minimum atomic E-state index is -0.0999. The Morgan fingerprint density at radius 1 is 1.05 bits per heavy atom. The van der Waals surface area contributed by atoms with Gasteiger partial charge in [-0.15, -0.1) is 0 Å². The van der Waals surface area contributed by atoms with Gasteiger partial charge in [0.05, 0.1) is 16.9 Å². The lowest BCUT2D eigenvalue weighted by Gasteiger charge is -2.16. The standard InChI is InChI=1S/C16H14N2OS/c1-11(12-7-3-2-4-8-12)18-15(19)13-9-5-6-10-14(13)17-16(18)20/h2-11H,1H3,(H,17,20)/t11-/m0/s1. The van der Waals surface area contributed by atoms with Gasteiger partial charge in [-0.05, 0) is 36.8 Å². The van der Waals surface area contributed by atoms with Gasteiger partial charge in [-0.3, -0.25) is 9.36 Å². The Kier molecular flexibility index (Phi) is 3.24. The van der Waals surface area contributed by atoms with Crippen molar-refractivity contribution in [1.29, 1.82) is 0 Å². The molecule has 0 fully saturated rings. The van der Waals surface area contributed by atoms with Gasteiger partial charge in [0, 0.05) is 0 Å². The molecule has 0 aliphatic rings. The molecular formula is C16H14N2OS. The van der Waals surface area contributed by atoms with Gasteiger partial charge in [0.15, 0.2) is 4.77 Å². The van der Waals surface area contributed by atoms with Crippen LogP contribution in [-0.4, -0.2) is 9.55 Å². The van der Waals surface area contributed by atoms with Crippen LogP contribution in [0.5, 0.6) is 0 Å². The molecule has 0 radical (unpaired) electrons. The van der Waals surface area contributed by atoms with E-state index in [0.717, 1.165) is 11.1 Å². The maximum absolute atomic E-state index is 12.6. The Hall–Kier alpha value is -2.20. The summed E-state index contributed by atoms with van der Waals surface area (Å²) in [5, 5.41) is 0.656. The second-order valence-corrected chi connectivity index (χ2v) is 5.12. The lowest BCUT2D eigenvalue weighted by atomic mass is 10.1. The van der Waals surface area contributed by atoms with Crippen LogP contribution in [0.15, 0.2) is 59.4 Å². The summed E-state index contributed by atoms with van der Waals surface area (Å²) in [6, 6.07) is 17.2. The van der Waals surface area contributed by atoms with Crippen molar-refractivity contribution in [1.82, 2.24) is 9.55 Å². The minimum Gasteiger partial charge on any atom is -0.332 e. The first-order valence-electron chi connectivity index (χ1n) is 6.47. The summed E-state index contributed by atoms with van der Waals surface area (Å²) in [5.41, 5.74) is 1.78. The average Bonchev–Trinajstić information content (AvgIpc) is 2.48. The molecule has 1 atom stereocenters. The Bertz CT molecular complexity index is 865. The smallest absolute Gasteiger partial charge is 0.262 e. The molecule has 2 aromatic carbocycles. The van der Waals surface area contributed by atoms with Crippen LogP contribution in [0, 0.1) is 4.77 Å². The van der Waals surface area contributed by atoms with E-state index >= 15 is 0 Å². The number of H-pyrrole nitrogens is 1. The van der Waals surface area contributed by atoms with E-state index in [1.165, 1.54) is 0 Å². The Morgan fingerprint density at radius 2 is 1.70 bits per heavy atom. The van der Waals surface area contributed by atoms with E-state index in [2.05, 4.69) is 4.98 Å². The zero-order valence-corrected chi connectivity index (χ0v) is 11.9. The van der Waals surface area contributed by atoms with E-state index in [1.54, 1.807) is 4.57 Å². The summed E-state index contributed by atoms with van der Waals surface area (Å²) in [5.74, 6) is 0. The molecule has 0 unspecified atom stereocenters. The summed E-state index contributed by atoms with van der Waals surface area (Å²) in [4.78, 5) is 15.8. The van der Waals surface area contributed by atoms with E-state index in [0.29, 0.717) is 10.2 Å². The second kappa shape index (κ2) is 5.06. The quantitative estimate of drug-likeness (QED) is 0.728. The third-order valence-corrected chi connectivity index (χ3v) is 3.80. The molecule has 100 valence electrons. The van der Waals surface area contributed by atoms with Gasteiger partial charge in [-0.25, -0.2) is 0 Å². The van der Waals surface area contributed by atoms with E-state index < -0.39 is 0 Å². The molecule has 0 bridgehead atoms. The first-order chi connectivity index (χ1) is 9.68. The van der Waals surface area contributed by atoms with Crippen molar-refractivity contribution in [2.75, 3.05) is 0 Å². The van der Waals surface area contributed by atoms with Crippen LogP contribution in [-0.2, 0) is 0 Å². The van der Waals surface area contributed by atoms with Gasteiger partial charge in [0.1, 0.15) is 0 Å². The van der Waals surface area contributed by atoms with E-state index in [1.807, 2.05) is 61.5 Å². The molecule has 3 rings (SSSR count). The molecule has 3 aromatic rings. The first-order valence-corrected chi connectivity index (χ1v) is 6.88. The van der Waals surface area contributed by atoms with Crippen LogP contribution in [0.1, 0.15) is 18.5 Å². The fourth-order valence-corrected chi connectivity index (χ4v) is 2.76. The minimum absolute atomic E-state index is 0.0549. The van der Waals surface area contributed by atoms with Crippen molar-refractivity contribution < 1.29 is 0 Å². The highest BCUT2D eigenvalue weighted by Gasteiger charge is 2.12. The molecule has 0 aliphatic carbocycles. The maximum atomic E-state index is 12.6.